The normalized spacial score (nSPS) is 40.1. The Morgan fingerprint density at radius 3 is 2.33 bits per heavy atom. The number of carbonyl (C=O) groups is 1. The standard InChI is InChI=1S/C23H38O3S/c1-4-21(2,3)20(24)26-16-22-11-17-10-18(12-22)14-23(13-17,15-22)27(25)19-8-6-5-7-9-19/h17-19H,4-16H2,1-3H3. The average molecular weight is 395 g/mol. The van der Waals surface area contributed by atoms with Gasteiger partial charge in [-0.2, -0.15) is 0 Å². The van der Waals surface area contributed by atoms with E-state index in [0.29, 0.717) is 23.7 Å². The minimum Gasteiger partial charge on any atom is -0.616 e. The summed E-state index contributed by atoms with van der Waals surface area (Å²) in [6.45, 7) is 6.57. The molecule has 5 saturated carbocycles. The molecule has 0 spiro atoms. The Labute approximate surface area is 168 Å². The number of rotatable bonds is 6. The van der Waals surface area contributed by atoms with Crippen LogP contribution in [0.3, 0.4) is 0 Å². The number of esters is 1. The van der Waals surface area contributed by atoms with Gasteiger partial charge >= 0.3 is 5.97 Å². The Kier molecular flexibility index (Phi) is 5.38. The highest BCUT2D eigenvalue weighted by Gasteiger charge is 2.64. The molecule has 4 bridgehead atoms. The lowest BCUT2D eigenvalue weighted by atomic mass is 9.49. The first-order valence-electron chi connectivity index (χ1n) is 11.4. The molecular formula is C23H38O3S. The van der Waals surface area contributed by atoms with Gasteiger partial charge in [0.2, 0.25) is 0 Å². The van der Waals surface area contributed by atoms with Crippen LogP contribution < -0.4 is 0 Å². The van der Waals surface area contributed by atoms with Gasteiger partial charge in [0.25, 0.3) is 0 Å². The summed E-state index contributed by atoms with van der Waals surface area (Å²) < 4.78 is 19.7. The third-order valence-electron chi connectivity index (χ3n) is 8.36. The van der Waals surface area contributed by atoms with Crippen molar-refractivity contribution in [3.05, 3.63) is 0 Å². The molecule has 0 heterocycles. The zero-order valence-corrected chi connectivity index (χ0v) is 18.4. The Hall–Kier alpha value is -0.220. The van der Waals surface area contributed by atoms with Gasteiger partial charge in [-0.1, -0.05) is 13.3 Å². The van der Waals surface area contributed by atoms with Gasteiger partial charge in [0.15, 0.2) is 0 Å². The van der Waals surface area contributed by atoms with Gasteiger partial charge in [0.1, 0.15) is 10.00 Å². The topological polar surface area (TPSA) is 49.4 Å². The van der Waals surface area contributed by atoms with E-state index < -0.39 is 16.6 Å². The third-order valence-corrected chi connectivity index (χ3v) is 10.8. The lowest BCUT2D eigenvalue weighted by Crippen LogP contribution is -2.62. The van der Waals surface area contributed by atoms with Crippen LogP contribution in [0.4, 0.5) is 0 Å². The van der Waals surface area contributed by atoms with Crippen LogP contribution in [0.15, 0.2) is 0 Å². The third kappa shape index (κ3) is 3.70. The Balaban J connectivity index is 1.49. The van der Waals surface area contributed by atoms with Gasteiger partial charge < -0.3 is 9.29 Å². The van der Waals surface area contributed by atoms with Crippen molar-refractivity contribution in [3.8, 4) is 0 Å². The van der Waals surface area contributed by atoms with Crippen molar-refractivity contribution in [2.24, 2.45) is 22.7 Å². The lowest BCUT2D eigenvalue weighted by Gasteiger charge is -2.61. The lowest BCUT2D eigenvalue weighted by molar-refractivity contribution is -0.164. The molecule has 0 aliphatic heterocycles. The maximum absolute atomic E-state index is 13.7. The van der Waals surface area contributed by atoms with Crippen molar-refractivity contribution in [3.63, 3.8) is 0 Å². The van der Waals surface area contributed by atoms with E-state index in [9.17, 15) is 9.35 Å². The van der Waals surface area contributed by atoms with E-state index in [4.69, 9.17) is 4.74 Å². The smallest absolute Gasteiger partial charge is 0.311 e. The van der Waals surface area contributed by atoms with Gasteiger partial charge in [-0.05, 0) is 88.2 Å². The van der Waals surface area contributed by atoms with Crippen molar-refractivity contribution >= 4 is 17.1 Å². The maximum atomic E-state index is 13.7. The summed E-state index contributed by atoms with van der Waals surface area (Å²) in [5.74, 6) is 1.36. The molecule has 5 fully saturated rings. The van der Waals surface area contributed by atoms with E-state index in [0.717, 1.165) is 25.7 Å². The summed E-state index contributed by atoms with van der Waals surface area (Å²) in [6.07, 6.45) is 14.0. The van der Waals surface area contributed by atoms with Crippen LogP contribution in [0.5, 0.6) is 0 Å². The minimum atomic E-state index is -0.711. The summed E-state index contributed by atoms with van der Waals surface area (Å²) in [5.41, 5.74) is -0.293. The fourth-order valence-corrected chi connectivity index (χ4v) is 9.68. The molecule has 0 aromatic rings. The van der Waals surface area contributed by atoms with Gasteiger partial charge in [-0.15, -0.1) is 0 Å². The van der Waals surface area contributed by atoms with Gasteiger partial charge in [-0.3, -0.25) is 4.79 Å². The molecule has 0 radical (unpaired) electrons. The van der Waals surface area contributed by atoms with E-state index in [1.54, 1.807) is 0 Å². The molecule has 4 heteroatoms. The fraction of sp³-hybridized carbons (Fsp3) is 0.957. The molecule has 3 atom stereocenters. The number of hydrogen-bond acceptors (Lipinski definition) is 3. The molecule has 0 N–H and O–H groups in total. The first-order valence-corrected chi connectivity index (χ1v) is 12.6. The largest absolute Gasteiger partial charge is 0.616 e. The molecule has 0 saturated heterocycles. The molecule has 27 heavy (non-hydrogen) atoms. The van der Waals surface area contributed by atoms with Crippen LogP contribution in [0.1, 0.15) is 97.8 Å². The molecule has 5 aliphatic carbocycles. The number of hydrogen-bond donors (Lipinski definition) is 0. The molecule has 0 aromatic heterocycles. The number of carbonyl (C=O) groups excluding carboxylic acids is 1. The van der Waals surface area contributed by atoms with E-state index in [-0.39, 0.29) is 16.1 Å². The summed E-state index contributed by atoms with van der Waals surface area (Å²) in [5, 5.41) is 0.425. The molecule has 3 nitrogen and oxygen atoms in total. The molecule has 5 aliphatic rings. The van der Waals surface area contributed by atoms with Crippen molar-refractivity contribution in [1.82, 2.24) is 0 Å². The fourth-order valence-electron chi connectivity index (χ4n) is 6.96. The maximum Gasteiger partial charge on any atom is 0.311 e. The SMILES string of the molecule is CCC(C)(C)C(=O)OCC12CC3CC(C1)CC([S+]([O-])C1CCCCC1)(C3)C2. The molecule has 0 aromatic carbocycles. The highest BCUT2D eigenvalue weighted by Crippen LogP contribution is 2.64. The van der Waals surface area contributed by atoms with E-state index in [2.05, 4.69) is 0 Å². The highest BCUT2D eigenvalue weighted by molar-refractivity contribution is 7.93. The summed E-state index contributed by atoms with van der Waals surface area (Å²) in [7, 11) is 0. The molecular weight excluding hydrogens is 356 g/mol. The Morgan fingerprint density at radius 2 is 1.74 bits per heavy atom. The highest BCUT2D eigenvalue weighted by atomic mass is 32.2. The van der Waals surface area contributed by atoms with Gasteiger partial charge in [-0.25, -0.2) is 0 Å². The summed E-state index contributed by atoms with van der Waals surface area (Å²) in [6, 6.07) is 0. The predicted molar refractivity (Wildman–Crippen MR) is 110 cm³/mol. The molecule has 154 valence electrons. The van der Waals surface area contributed by atoms with Crippen LogP contribution >= 0.6 is 0 Å². The summed E-state index contributed by atoms with van der Waals surface area (Å²) >= 11 is -0.711. The van der Waals surface area contributed by atoms with Crippen LogP contribution in [0, 0.1) is 22.7 Å². The molecule has 3 unspecified atom stereocenters. The van der Waals surface area contributed by atoms with Crippen molar-refractivity contribution in [2.45, 2.75) is 108 Å². The summed E-state index contributed by atoms with van der Waals surface area (Å²) in [4.78, 5) is 12.6. The predicted octanol–water partition coefficient (Wildman–Crippen LogP) is 5.39. The van der Waals surface area contributed by atoms with E-state index >= 15 is 0 Å². The average Bonchev–Trinajstić information content (AvgIpc) is 2.65. The second-order valence-corrected chi connectivity index (χ2v) is 13.1. The monoisotopic (exact) mass is 394 g/mol. The minimum absolute atomic E-state index is 0.0266. The van der Waals surface area contributed by atoms with Crippen molar-refractivity contribution in [2.75, 3.05) is 6.61 Å². The van der Waals surface area contributed by atoms with Crippen LogP contribution in [-0.4, -0.2) is 27.1 Å². The first-order chi connectivity index (χ1) is 12.8. The van der Waals surface area contributed by atoms with E-state index in [1.165, 1.54) is 51.4 Å². The number of ether oxygens (including phenoxy) is 1. The van der Waals surface area contributed by atoms with Crippen LogP contribution in [0.2, 0.25) is 0 Å². The zero-order valence-electron chi connectivity index (χ0n) is 17.6. The molecule has 5 rings (SSSR count). The second kappa shape index (κ2) is 7.23. The van der Waals surface area contributed by atoms with Gasteiger partial charge in [0, 0.05) is 24.7 Å². The molecule has 0 amide bonds. The first kappa shape index (κ1) is 20.1. The van der Waals surface area contributed by atoms with Crippen LogP contribution in [-0.2, 0) is 20.7 Å². The Bertz CT molecular complexity index is 552. The second-order valence-electron chi connectivity index (χ2n) is 11.0. The zero-order chi connectivity index (χ0) is 19.3. The van der Waals surface area contributed by atoms with E-state index in [1.807, 2.05) is 20.8 Å². The Morgan fingerprint density at radius 1 is 1.11 bits per heavy atom. The van der Waals surface area contributed by atoms with Crippen LogP contribution in [0.25, 0.3) is 0 Å². The van der Waals surface area contributed by atoms with Gasteiger partial charge in [0.05, 0.1) is 12.0 Å². The van der Waals surface area contributed by atoms with Crippen molar-refractivity contribution in [1.29, 1.82) is 0 Å². The quantitative estimate of drug-likeness (QED) is 0.448. The van der Waals surface area contributed by atoms with Crippen molar-refractivity contribution < 1.29 is 14.1 Å².